The van der Waals surface area contributed by atoms with Crippen LogP contribution in [0.4, 0.5) is 4.39 Å². The summed E-state index contributed by atoms with van der Waals surface area (Å²) in [6, 6.07) is 12.6. The van der Waals surface area contributed by atoms with E-state index >= 15 is 0 Å². The summed E-state index contributed by atoms with van der Waals surface area (Å²) in [7, 11) is -1.97. The van der Waals surface area contributed by atoms with Gasteiger partial charge in [-0.3, -0.25) is 0 Å². The first-order chi connectivity index (χ1) is 13.8. The molecule has 0 aliphatic carbocycles. The predicted molar refractivity (Wildman–Crippen MR) is 108 cm³/mol. The fourth-order valence-electron chi connectivity index (χ4n) is 3.97. The molecule has 150 valence electrons. The van der Waals surface area contributed by atoms with E-state index in [1.807, 2.05) is 4.57 Å². The fraction of sp³-hybridized carbons (Fsp3) is 0.227. The number of rotatable bonds is 4. The minimum atomic E-state index is -3.31. The maximum absolute atomic E-state index is 13.5. The van der Waals surface area contributed by atoms with E-state index in [9.17, 15) is 17.6 Å². The Hall–Kier alpha value is -2.93. The summed E-state index contributed by atoms with van der Waals surface area (Å²) in [6.07, 6.45) is 2.85. The molecular formula is C22H20FNO4S. The third kappa shape index (κ3) is 3.35. The molecular weight excluding hydrogens is 393 g/mol. The van der Waals surface area contributed by atoms with Crippen molar-refractivity contribution < 1.29 is 22.3 Å². The van der Waals surface area contributed by atoms with Crippen molar-refractivity contribution in [2.24, 2.45) is 0 Å². The number of sulfone groups is 1. The predicted octanol–water partition coefficient (Wildman–Crippen LogP) is 4.10. The van der Waals surface area contributed by atoms with E-state index in [0.717, 1.165) is 35.9 Å². The Morgan fingerprint density at radius 3 is 2.17 bits per heavy atom. The first kappa shape index (κ1) is 19.4. The average Bonchev–Trinajstić information content (AvgIpc) is 3.27. The van der Waals surface area contributed by atoms with Crippen LogP contribution < -0.4 is 0 Å². The lowest BCUT2D eigenvalue weighted by Crippen LogP contribution is -2.10. The highest BCUT2D eigenvalue weighted by molar-refractivity contribution is 7.90. The lowest BCUT2D eigenvalue weighted by molar-refractivity contribution is 0.0589. The van der Waals surface area contributed by atoms with Crippen LogP contribution in [0, 0.1) is 5.82 Å². The van der Waals surface area contributed by atoms with E-state index in [1.165, 1.54) is 19.2 Å². The molecule has 0 atom stereocenters. The molecule has 0 saturated heterocycles. The minimum Gasteiger partial charge on any atom is -0.464 e. The standard InChI is InChI=1S/C22H20FNO4S/c1-28-22(25)21-20(15-5-9-16(23)10-6-15)19(18-4-3-13-24(18)21)14-7-11-17(12-8-14)29(2,26)27/h5-12H,3-4,13H2,1-2H3. The van der Waals surface area contributed by atoms with Crippen LogP contribution in [0.2, 0.25) is 0 Å². The molecule has 0 bridgehead atoms. The summed E-state index contributed by atoms with van der Waals surface area (Å²) in [5.74, 6) is -0.814. The number of aromatic nitrogens is 1. The maximum Gasteiger partial charge on any atom is 0.355 e. The largest absolute Gasteiger partial charge is 0.464 e. The van der Waals surface area contributed by atoms with Gasteiger partial charge in [-0.25, -0.2) is 17.6 Å². The van der Waals surface area contributed by atoms with Crippen molar-refractivity contribution in [3.63, 3.8) is 0 Å². The zero-order valence-corrected chi connectivity index (χ0v) is 16.9. The van der Waals surface area contributed by atoms with Gasteiger partial charge in [-0.2, -0.15) is 0 Å². The summed E-state index contributed by atoms with van der Waals surface area (Å²) in [5, 5.41) is 0. The number of nitrogens with zero attached hydrogens (tertiary/aromatic N) is 1. The molecule has 0 unspecified atom stereocenters. The van der Waals surface area contributed by atoms with Crippen LogP contribution in [0.5, 0.6) is 0 Å². The second kappa shape index (κ2) is 7.15. The van der Waals surface area contributed by atoms with Gasteiger partial charge in [-0.05, 0) is 48.2 Å². The van der Waals surface area contributed by atoms with Crippen molar-refractivity contribution >= 4 is 15.8 Å². The van der Waals surface area contributed by atoms with Gasteiger partial charge in [0.1, 0.15) is 11.5 Å². The molecule has 5 nitrogen and oxygen atoms in total. The SMILES string of the molecule is COC(=O)c1c(-c2ccc(F)cc2)c(-c2ccc(S(C)(=O)=O)cc2)c2n1CCC2. The summed E-state index contributed by atoms with van der Waals surface area (Å²) >= 11 is 0. The van der Waals surface area contributed by atoms with Crippen molar-refractivity contribution in [1.82, 2.24) is 4.57 Å². The van der Waals surface area contributed by atoms with Crippen molar-refractivity contribution in [2.45, 2.75) is 24.3 Å². The Morgan fingerprint density at radius 2 is 1.59 bits per heavy atom. The molecule has 1 aliphatic rings. The number of fused-ring (bicyclic) bond motifs is 1. The number of hydrogen-bond acceptors (Lipinski definition) is 4. The molecule has 2 heterocycles. The zero-order chi connectivity index (χ0) is 20.8. The molecule has 29 heavy (non-hydrogen) atoms. The first-order valence-electron chi connectivity index (χ1n) is 9.21. The number of halogens is 1. The molecule has 3 aromatic rings. The first-order valence-corrected chi connectivity index (χ1v) is 11.1. The summed E-state index contributed by atoms with van der Waals surface area (Å²) < 4.78 is 44.2. The van der Waals surface area contributed by atoms with Gasteiger partial charge in [0, 0.05) is 29.6 Å². The number of ether oxygens (including phenoxy) is 1. The van der Waals surface area contributed by atoms with Gasteiger partial charge in [0.25, 0.3) is 0 Å². The van der Waals surface area contributed by atoms with E-state index < -0.39 is 15.8 Å². The maximum atomic E-state index is 13.5. The number of benzene rings is 2. The van der Waals surface area contributed by atoms with Crippen molar-refractivity contribution in [3.8, 4) is 22.3 Å². The van der Waals surface area contributed by atoms with Crippen molar-refractivity contribution in [1.29, 1.82) is 0 Å². The van der Waals surface area contributed by atoms with Gasteiger partial charge in [-0.1, -0.05) is 24.3 Å². The number of esters is 1. The molecule has 0 saturated carbocycles. The van der Waals surface area contributed by atoms with Gasteiger partial charge in [0.05, 0.1) is 12.0 Å². The number of hydrogen-bond donors (Lipinski definition) is 0. The molecule has 7 heteroatoms. The van der Waals surface area contributed by atoms with Crippen LogP contribution in [0.3, 0.4) is 0 Å². The molecule has 4 rings (SSSR count). The lowest BCUT2D eigenvalue weighted by atomic mass is 9.93. The summed E-state index contributed by atoms with van der Waals surface area (Å²) in [4.78, 5) is 12.9. The van der Waals surface area contributed by atoms with Crippen LogP contribution >= 0.6 is 0 Å². The fourth-order valence-corrected chi connectivity index (χ4v) is 4.60. The molecule has 1 aliphatic heterocycles. The molecule has 1 aromatic heterocycles. The van der Waals surface area contributed by atoms with E-state index in [1.54, 1.807) is 36.4 Å². The molecule has 0 N–H and O–H groups in total. The van der Waals surface area contributed by atoms with Crippen LogP contribution in [0.25, 0.3) is 22.3 Å². The third-order valence-corrected chi connectivity index (χ3v) is 6.38. The zero-order valence-electron chi connectivity index (χ0n) is 16.1. The number of carbonyl (C=O) groups excluding carboxylic acids is 1. The normalized spacial score (nSPS) is 13.3. The Kier molecular flexibility index (Phi) is 4.78. The van der Waals surface area contributed by atoms with Gasteiger partial charge in [-0.15, -0.1) is 0 Å². The van der Waals surface area contributed by atoms with Gasteiger partial charge in [0.2, 0.25) is 0 Å². The summed E-state index contributed by atoms with van der Waals surface area (Å²) in [5.41, 5.74) is 4.48. The molecule has 0 spiro atoms. The molecule has 0 radical (unpaired) electrons. The summed E-state index contributed by atoms with van der Waals surface area (Å²) in [6.45, 7) is 0.690. The topological polar surface area (TPSA) is 65.4 Å². The van der Waals surface area contributed by atoms with E-state index in [-0.39, 0.29) is 10.7 Å². The lowest BCUT2D eigenvalue weighted by Gasteiger charge is -2.10. The van der Waals surface area contributed by atoms with Crippen LogP contribution in [-0.4, -0.2) is 32.3 Å². The van der Waals surface area contributed by atoms with E-state index in [2.05, 4.69) is 0 Å². The van der Waals surface area contributed by atoms with E-state index in [0.29, 0.717) is 23.4 Å². The minimum absolute atomic E-state index is 0.230. The van der Waals surface area contributed by atoms with E-state index in [4.69, 9.17) is 4.74 Å². The second-order valence-electron chi connectivity index (χ2n) is 7.10. The highest BCUT2D eigenvalue weighted by Crippen LogP contribution is 2.43. The van der Waals surface area contributed by atoms with Crippen LogP contribution in [0.1, 0.15) is 22.6 Å². The number of carbonyl (C=O) groups is 1. The molecule has 2 aromatic carbocycles. The van der Waals surface area contributed by atoms with Gasteiger partial charge < -0.3 is 9.30 Å². The smallest absolute Gasteiger partial charge is 0.355 e. The monoisotopic (exact) mass is 413 g/mol. The number of methoxy groups -OCH3 is 1. The molecule has 0 amide bonds. The Morgan fingerprint density at radius 1 is 1.00 bits per heavy atom. The van der Waals surface area contributed by atoms with Crippen LogP contribution in [0.15, 0.2) is 53.4 Å². The Balaban J connectivity index is 2.00. The highest BCUT2D eigenvalue weighted by atomic mass is 32.2. The Labute approximate surface area is 168 Å². The molecule has 0 fully saturated rings. The Bertz CT molecular complexity index is 1190. The van der Waals surface area contributed by atoms with Gasteiger partial charge in [0.15, 0.2) is 9.84 Å². The highest BCUT2D eigenvalue weighted by Gasteiger charge is 2.31. The van der Waals surface area contributed by atoms with Crippen molar-refractivity contribution in [2.75, 3.05) is 13.4 Å². The average molecular weight is 413 g/mol. The van der Waals surface area contributed by atoms with Gasteiger partial charge >= 0.3 is 5.97 Å². The quantitative estimate of drug-likeness (QED) is 0.604. The second-order valence-corrected chi connectivity index (χ2v) is 9.11. The van der Waals surface area contributed by atoms with Crippen LogP contribution in [-0.2, 0) is 27.5 Å². The van der Waals surface area contributed by atoms with Crippen molar-refractivity contribution in [3.05, 3.63) is 65.7 Å². The third-order valence-electron chi connectivity index (χ3n) is 5.25.